The number of rotatable bonds is 4. The number of H-pyrrole nitrogens is 1. The minimum atomic E-state index is -1.15. The Balaban J connectivity index is 2.84. The Kier molecular flexibility index (Phi) is 3.40. The van der Waals surface area contributed by atoms with Crippen LogP contribution in [0.25, 0.3) is 0 Å². The van der Waals surface area contributed by atoms with Crippen molar-refractivity contribution in [3.63, 3.8) is 0 Å². The molecular weight excluding hydrogens is 202 g/mol. The van der Waals surface area contributed by atoms with E-state index < -0.39 is 17.9 Å². The lowest BCUT2D eigenvalue weighted by atomic mass is 10.3. The Bertz CT molecular complexity index is 349. The monoisotopic (exact) mass is 213 g/mol. The second-order valence-electron chi connectivity index (χ2n) is 2.79. The first-order valence-corrected chi connectivity index (χ1v) is 4.16. The fraction of sp³-hybridized carbons (Fsp3) is 0.375. The first-order valence-electron chi connectivity index (χ1n) is 4.16. The molecular formula is C8H11N3O4. The van der Waals surface area contributed by atoms with Crippen molar-refractivity contribution < 1.29 is 19.5 Å². The van der Waals surface area contributed by atoms with Crippen molar-refractivity contribution in [2.75, 3.05) is 7.11 Å². The quantitative estimate of drug-likeness (QED) is 0.680. The maximum Gasteiger partial charge on any atom is 0.328 e. The van der Waals surface area contributed by atoms with Gasteiger partial charge >= 0.3 is 5.97 Å². The van der Waals surface area contributed by atoms with Gasteiger partial charge in [-0.1, -0.05) is 0 Å². The molecule has 1 heterocycles. The lowest BCUT2D eigenvalue weighted by molar-refractivity contribution is -0.163. The number of carbonyl (C=O) groups is 2. The number of hydroxylamine groups is 2. The van der Waals surface area contributed by atoms with Gasteiger partial charge in [-0.15, -0.1) is 0 Å². The molecule has 0 saturated heterocycles. The van der Waals surface area contributed by atoms with Crippen molar-refractivity contribution in [2.24, 2.45) is 0 Å². The molecule has 7 heteroatoms. The van der Waals surface area contributed by atoms with E-state index in [1.165, 1.54) is 26.6 Å². The average molecular weight is 213 g/mol. The summed E-state index contributed by atoms with van der Waals surface area (Å²) < 4.78 is 0. The highest BCUT2D eigenvalue weighted by Crippen LogP contribution is 2.06. The maximum atomic E-state index is 11.6. The summed E-state index contributed by atoms with van der Waals surface area (Å²) in [5.41, 5.74) is 0.171. The van der Waals surface area contributed by atoms with Crippen LogP contribution in [0.1, 0.15) is 17.4 Å². The molecule has 0 spiro atoms. The van der Waals surface area contributed by atoms with E-state index in [1.807, 2.05) is 0 Å². The van der Waals surface area contributed by atoms with Gasteiger partial charge in [0.2, 0.25) is 0 Å². The third kappa shape index (κ3) is 2.32. The maximum absolute atomic E-state index is 11.6. The summed E-state index contributed by atoms with van der Waals surface area (Å²) in [6, 6.07) is -1.06. The molecule has 15 heavy (non-hydrogen) atoms. The average Bonchev–Trinajstić information content (AvgIpc) is 2.71. The van der Waals surface area contributed by atoms with Gasteiger partial charge in [-0.05, 0) is 6.92 Å². The first-order chi connectivity index (χ1) is 7.07. The molecule has 1 unspecified atom stereocenters. The number of imidazole rings is 1. The number of carboxylic acids is 1. The summed E-state index contributed by atoms with van der Waals surface area (Å²) in [7, 11) is 1.23. The van der Waals surface area contributed by atoms with E-state index in [4.69, 9.17) is 9.94 Å². The van der Waals surface area contributed by atoms with Crippen LogP contribution in [0.4, 0.5) is 0 Å². The summed E-state index contributed by atoms with van der Waals surface area (Å²) in [5.74, 6) is -1.73. The van der Waals surface area contributed by atoms with Crippen LogP contribution < -0.4 is 0 Å². The molecule has 0 radical (unpaired) electrons. The lowest BCUT2D eigenvalue weighted by Crippen LogP contribution is -2.42. The van der Waals surface area contributed by atoms with Crippen molar-refractivity contribution in [1.82, 2.24) is 15.0 Å². The van der Waals surface area contributed by atoms with Gasteiger partial charge in [-0.3, -0.25) is 9.63 Å². The zero-order valence-corrected chi connectivity index (χ0v) is 8.30. The molecule has 0 fully saturated rings. The zero-order valence-electron chi connectivity index (χ0n) is 8.30. The molecule has 1 aromatic rings. The molecule has 1 amide bonds. The second-order valence-corrected chi connectivity index (χ2v) is 2.79. The van der Waals surface area contributed by atoms with Crippen molar-refractivity contribution in [2.45, 2.75) is 13.0 Å². The number of aromatic nitrogens is 2. The number of hydrogen-bond donors (Lipinski definition) is 2. The Hall–Kier alpha value is -1.89. The molecule has 0 aliphatic rings. The van der Waals surface area contributed by atoms with Crippen molar-refractivity contribution in [1.29, 1.82) is 0 Å². The molecule has 0 bridgehead atoms. The van der Waals surface area contributed by atoms with E-state index in [2.05, 4.69) is 9.97 Å². The molecule has 0 aromatic carbocycles. The van der Waals surface area contributed by atoms with Gasteiger partial charge < -0.3 is 10.1 Å². The predicted molar refractivity (Wildman–Crippen MR) is 48.9 cm³/mol. The minimum Gasteiger partial charge on any atom is -0.480 e. The van der Waals surface area contributed by atoms with Crippen LogP contribution in [0.3, 0.4) is 0 Å². The van der Waals surface area contributed by atoms with E-state index in [0.717, 1.165) is 5.06 Å². The summed E-state index contributed by atoms with van der Waals surface area (Å²) >= 11 is 0. The Morgan fingerprint density at radius 3 is 2.73 bits per heavy atom. The third-order valence-electron chi connectivity index (χ3n) is 1.83. The minimum absolute atomic E-state index is 0.171. The van der Waals surface area contributed by atoms with E-state index in [1.54, 1.807) is 0 Å². The van der Waals surface area contributed by atoms with Crippen molar-refractivity contribution >= 4 is 11.9 Å². The van der Waals surface area contributed by atoms with Crippen LogP contribution in [0, 0.1) is 0 Å². The van der Waals surface area contributed by atoms with Crippen LogP contribution in [-0.4, -0.2) is 45.2 Å². The molecule has 2 N–H and O–H groups in total. The number of nitrogens with zero attached hydrogens (tertiary/aromatic N) is 2. The van der Waals surface area contributed by atoms with Gasteiger partial charge in [-0.25, -0.2) is 14.8 Å². The molecule has 1 rings (SSSR count). The van der Waals surface area contributed by atoms with Gasteiger partial charge in [0.25, 0.3) is 5.91 Å². The van der Waals surface area contributed by atoms with Crippen LogP contribution in [-0.2, 0) is 9.63 Å². The summed E-state index contributed by atoms with van der Waals surface area (Å²) in [4.78, 5) is 33.3. The largest absolute Gasteiger partial charge is 0.480 e. The summed E-state index contributed by atoms with van der Waals surface area (Å²) in [6.07, 6.45) is 2.62. The molecule has 0 aliphatic heterocycles. The smallest absolute Gasteiger partial charge is 0.328 e. The molecule has 1 aromatic heterocycles. The molecule has 7 nitrogen and oxygen atoms in total. The van der Waals surface area contributed by atoms with Gasteiger partial charge in [0.15, 0.2) is 6.04 Å². The fourth-order valence-electron chi connectivity index (χ4n) is 1.01. The molecule has 0 saturated carbocycles. The third-order valence-corrected chi connectivity index (χ3v) is 1.83. The van der Waals surface area contributed by atoms with Crippen molar-refractivity contribution in [3.05, 3.63) is 18.2 Å². The number of carbonyl (C=O) groups excluding carboxylic acids is 1. The summed E-state index contributed by atoms with van der Waals surface area (Å²) in [6.45, 7) is 1.35. The standard InChI is InChI=1S/C8H11N3O4/c1-5(8(13)14)11(15-2)7(12)6-3-9-4-10-6/h3-5H,1-2H3,(H,9,10)(H,13,14). The second kappa shape index (κ2) is 4.56. The topological polar surface area (TPSA) is 95.5 Å². The lowest BCUT2D eigenvalue weighted by Gasteiger charge is -2.22. The number of amides is 1. The van der Waals surface area contributed by atoms with E-state index in [-0.39, 0.29) is 5.69 Å². The predicted octanol–water partition coefficient (Wildman–Crippen LogP) is -0.114. The van der Waals surface area contributed by atoms with Crippen LogP contribution in [0.2, 0.25) is 0 Å². The highest BCUT2D eigenvalue weighted by molar-refractivity contribution is 5.93. The highest BCUT2D eigenvalue weighted by atomic mass is 16.7. The Morgan fingerprint density at radius 1 is 1.67 bits per heavy atom. The van der Waals surface area contributed by atoms with Crippen LogP contribution >= 0.6 is 0 Å². The van der Waals surface area contributed by atoms with Gasteiger partial charge in [0.05, 0.1) is 19.6 Å². The van der Waals surface area contributed by atoms with Gasteiger partial charge in [0, 0.05) is 0 Å². The first kappa shape index (κ1) is 11.2. The van der Waals surface area contributed by atoms with E-state index in [0.29, 0.717) is 0 Å². The number of aromatic amines is 1. The number of carboxylic acid groups (broad SMARTS) is 1. The molecule has 82 valence electrons. The van der Waals surface area contributed by atoms with Gasteiger partial charge in [0.1, 0.15) is 5.69 Å². The van der Waals surface area contributed by atoms with Crippen molar-refractivity contribution in [3.8, 4) is 0 Å². The number of nitrogens with one attached hydrogen (secondary N) is 1. The van der Waals surface area contributed by atoms with E-state index >= 15 is 0 Å². The van der Waals surface area contributed by atoms with Gasteiger partial charge in [-0.2, -0.15) is 0 Å². The zero-order chi connectivity index (χ0) is 11.4. The summed E-state index contributed by atoms with van der Waals surface area (Å²) in [5, 5.41) is 9.49. The normalized spacial score (nSPS) is 12.1. The SMILES string of the molecule is CON(C(=O)c1cnc[nH]1)C(C)C(=O)O. The van der Waals surface area contributed by atoms with Crippen LogP contribution in [0.15, 0.2) is 12.5 Å². The highest BCUT2D eigenvalue weighted by Gasteiger charge is 2.27. The molecule has 1 atom stereocenters. The van der Waals surface area contributed by atoms with E-state index in [9.17, 15) is 9.59 Å². The Morgan fingerprint density at radius 2 is 2.33 bits per heavy atom. The Labute approximate surface area is 85.6 Å². The fourth-order valence-corrected chi connectivity index (χ4v) is 1.01. The number of aliphatic carboxylic acids is 1. The molecule has 0 aliphatic carbocycles. The van der Waals surface area contributed by atoms with Crippen LogP contribution in [0.5, 0.6) is 0 Å². The number of hydrogen-bond acceptors (Lipinski definition) is 4.